The van der Waals surface area contributed by atoms with E-state index in [-0.39, 0.29) is 0 Å². The van der Waals surface area contributed by atoms with E-state index in [4.69, 9.17) is 10.2 Å². The molecule has 0 saturated carbocycles. The first kappa shape index (κ1) is 42.5. The summed E-state index contributed by atoms with van der Waals surface area (Å²) in [6, 6.07) is 74.1. The molecule has 0 aliphatic rings. The van der Waals surface area contributed by atoms with Gasteiger partial charge in [0.1, 0.15) is 17.0 Å². The van der Waals surface area contributed by atoms with Crippen molar-refractivity contribution < 1.29 is 4.42 Å². The Morgan fingerprint density at radius 3 is 1.66 bits per heavy atom. The van der Waals surface area contributed by atoms with Crippen LogP contribution in [0.15, 0.2) is 228 Å². The van der Waals surface area contributed by atoms with E-state index < -0.39 is 0 Å². The molecule has 0 fully saturated rings. The number of para-hydroxylation sites is 3. The fourth-order valence-electron chi connectivity index (χ4n) is 9.01. The quantitative estimate of drug-likeness (QED) is 0.128. The molecule has 0 unspecified atom stereocenters. The number of aliphatic imine (C=N–C) groups is 1. The van der Waals surface area contributed by atoms with Crippen LogP contribution in [0.2, 0.25) is 0 Å². The molecule has 9 aromatic carbocycles. The Bertz CT molecular complexity index is 3710. The topological polar surface area (TPSA) is 61.4 Å². The van der Waals surface area contributed by atoms with Crippen LogP contribution in [-0.2, 0) is 0 Å². The van der Waals surface area contributed by atoms with Crippen molar-refractivity contribution in [2.45, 2.75) is 33.6 Å². The second-order valence-corrected chi connectivity index (χ2v) is 16.9. The Labute approximate surface area is 391 Å². The van der Waals surface area contributed by atoms with Crippen LogP contribution in [0.5, 0.6) is 0 Å². The van der Waals surface area contributed by atoms with Crippen LogP contribution in [0.25, 0.3) is 93.7 Å². The van der Waals surface area contributed by atoms with Gasteiger partial charge in [-0.15, -0.1) is 0 Å². The van der Waals surface area contributed by atoms with Crippen molar-refractivity contribution in [1.29, 1.82) is 0 Å². The van der Waals surface area contributed by atoms with Crippen LogP contribution in [-0.4, -0.2) is 15.0 Å². The molecule has 0 amide bonds. The molecule has 5 heteroatoms. The predicted octanol–water partition coefficient (Wildman–Crippen LogP) is 16.6. The molecule has 5 nitrogen and oxygen atoms in total. The number of furan rings is 1. The second kappa shape index (κ2) is 18.6. The summed E-state index contributed by atoms with van der Waals surface area (Å²) in [5.74, 6) is 0.486. The lowest BCUT2D eigenvalue weighted by atomic mass is 10.0. The minimum absolute atomic E-state index is 0.486. The maximum Gasteiger partial charge on any atom is 0.145 e. The summed E-state index contributed by atoms with van der Waals surface area (Å²) >= 11 is 0. The van der Waals surface area contributed by atoms with Crippen LogP contribution in [0.1, 0.15) is 43.4 Å². The summed E-state index contributed by atoms with van der Waals surface area (Å²) in [5, 5.41) is 7.07. The number of aryl methyl sites for hydroxylation is 1. The summed E-state index contributed by atoms with van der Waals surface area (Å²) in [7, 11) is 0. The van der Waals surface area contributed by atoms with Crippen molar-refractivity contribution in [3.63, 3.8) is 0 Å². The van der Waals surface area contributed by atoms with Crippen molar-refractivity contribution in [2.24, 2.45) is 10.7 Å². The van der Waals surface area contributed by atoms with Gasteiger partial charge in [-0.05, 0) is 84.3 Å². The minimum atomic E-state index is 0.486. The van der Waals surface area contributed by atoms with Crippen LogP contribution in [0, 0.1) is 6.92 Å². The fourth-order valence-corrected chi connectivity index (χ4v) is 9.01. The van der Waals surface area contributed by atoms with Crippen molar-refractivity contribution >= 4 is 77.1 Å². The normalized spacial score (nSPS) is 11.5. The Balaban J connectivity index is 0.000000209. The minimum Gasteiger partial charge on any atom is -0.455 e. The van der Waals surface area contributed by atoms with E-state index in [0.717, 1.165) is 55.3 Å². The first-order valence-corrected chi connectivity index (χ1v) is 23.1. The molecule has 0 bridgehead atoms. The van der Waals surface area contributed by atoms with Crippen LogP contribution in [0.4, 0.5) is 0 Å². The second-order valence-electron chi connectivity index (χ2n) is 16.9. The molecule has 67 heavy (non-hydrogen) atoms. The number of rotatable bonds is 7. The van der Waals surface area contributed by atoms with Gasteiger partial charge in [-0.25, -0.2) is 4.99 Å². The SMILES string of the molecule is C=C(N=C(N)c1ccccc1)c1ccccc1.CCCC.Cc1ccc(-c2ccc3c4c(ccc5c6c7oc8ccccc8c7ccc6n(-c6ccccc6)c54)n(-c4ccccc4)c3c2)cc1. The van der Waals surface area contributed by atoms with Crippen molar-refractivity contribution in [1.82, 2.24) is 9.13 Å². The Kier molecular flexibility index (Phi) is 11.8. The number of amidine groups is 1. The zero-order valence-corrected chi connectivity index (χ0v) is 38.2. The maximum atomic E-state index is 6.65. The van der Waals surface area contributed by atoms with E-state index >= 15 is 0 Å². The highest BCUT2D eigenvalue weighted by molar-refractivity contribution is 6.31. The largest absolute Gasteiger partial charge is 0.455 e. The number of fused-ring (bicyclic) bond motifs is 11. The first-order chi connectivity index (χ1) is 32.9. The van der Waals surface area contributed by atoms with Gasteiger partial charge >= 0.3 is 0 Å². The summed E-state index contributed by atoms with van der Waals surface area (Å²) in [6.45, 7) is 10.4. The number of hydrogen-bond donors (Lipinski definition) is 1. The maximum absolute atomic E-state index is 6.65. The van der Waals surface area contributed by atoms with Gasteiger partial charge in [0, 0.05) is 43.9 Å². The summed E-state index contributed by atoms with van der Waals surface area (Å²) in [6.07, 6.45) is 2.64. The molecule has 12 rings (SSSR count). The zero-order chi connectivity index (χ0) is 45.9. The molecular weight excluding hydrogens is 817 g/mol. The molecule has 12 aromatic rings. The molecule has 326 valence electrons. The molecule has 0 saturated heterocycles. The standard InChI is InChI=1S/C43H28N2O.C15H14N2.C4H10/c1-27-16-18-28(19-17-27)29-20-21-34-38(26-29)44(30-10-4-2-5-11-30)36-25-23-35-41-37(45(42(35)40(34)36)31-12-6-3-7-13-31)24-22-33-32-14-8-9-15-39(32)46-43(33)41;1-12(13-8-4-2-5-9-13)17-15(16)14-10-6-3-7-11-14;1-3-4-2/h2-26H,1H3;2-11H,1H2,(H2,16,17);3-4H2,1-2H3. The van der Waals surface area contributed by atoms with Gasteiger partial charge in [-0.1, -0.05) is 190 Å². The van der Waals surface area contributed by atoms with E-state index in [1.807, 2.05) is 66.7 Å². The van der Waals surface area contributed by atoms with Gasteiger partial charge in [0.05, 0.1) is 33.2 Å². The van der Waals surface area contributed by atoms with Crippen LogP contribution >= 0.6 is 0 Å². The molecule has 3 heterocycles. The van der Waals surface area contributed by atoms with Gasteiger partial charge in [-0.2, -0.15) is 0 Å². The van der Waals surface area contributed by atoms with Gasteiger partial charge in [-0.3, -0.25) is 0 Å². The number of nitrogens with two attached hydrogens (primary N) is 1. The van der Waals surface area contributed by atoms with Gasteiger partial charge < -0.3 is 19.3 Å². The average Bonchev–Trinajstić information content (AvgIpc) is 4.05. The number of aromatic nitrogens is 2. The van der Waals surface area contributed by atoms with E-state index in [1.165, 1.54) is 62.2 Å². The van der Waals surface area contributed by atoms with Gasteiger partial charge in [0.25, 0.3) is 0 Å². The molecule has 0 aliphatic heterocycles. The Morgan fingerprint density at radius 1 is 0.493 bits per heavy atom. The van der Waals surface area contributed by atoms with Crippen molar-refractivity contribution in [3.05, 3.63) is 236 Å². The predicted molar refractivity (Wildman–Crippen MR) is 286 cm³/mol. The first-order valence-electron chi connectivity index (χ1n) is 23.1. The molecule has 0 radical (unpaired) electrons. The Hall–Kier alpha value is -8.41. The number of unbranched alkanes of at least 4 members (excludes halogenated alkanes) is 1. The highest BCUT2D eigenvalue weighted by Crippen LogP contribution is 2.46. The van der Waals surface area contributed by atoms with Crippen molar-refractivity contribution in [2.75, 3.05) is 0 Å². The number of benzene rings is 9. The van der Waals surface area contributed by atoms with E-state index in [2.05, 4.69) is 187 Å². The summed E-state index contributed by atoms with van der Waals surface area (Å²) in [5.41, 5.74) is 21.0. The lowest BCUT2D eigenvalue weighted by Gasteiger charge is -2.10. The third-order valence-electron chi connectivity index (χ3n) is 12.5. The molecule has 3 aromatic heterocycles. The van der Waals surface area contributed by atoms with E-state index in [1.54, 1.807) is 0 Å². The summed E-state index contributed by atoms with van der Waals surface area (Å²) in [4.78, 5) is 4.32. The number of nitrogens with zero attached hydrogens (tertiary/aromatic N) is 3. The Morgan fingerprint density at radius 2 is 1.01 bits per heavy atom. The zero-order valence-electron chi connectivity index (χ0n) is 38.2. The van der Waals surface area contributed by atoms with E-state index in [9.17, 15) is 0 Å². The molecule has 2 N–H and O–H groups in total. The van der Waals surface area contributed by atoms with Gasteiger partial charge in [0.2, 0.25) is 0 Å². The monoisotopic (exact) mass is 868 g/mol. The van der Waals surface area contributed by atoms with Crippen LogP contribution < -0.4 is 5.73 Å². The molecule has 0 spiro atoms. The fraction of sp³-hybridized carbons (Fsp3) is 0.0806. The van der Waals surface area contributed by atoms with Crippen molar-refractivity contribution in [3.8, 4) is 22.5 Å². The molecule has 0 atom stereocenters. The smallest absolute Gasteiger partial charge is 0.145 e. The highest BCUT2D eigenvalue weighted by atomic mass is 16.3. The highest BCUT2D eigenvalue weighted by Gasteiger charge is 2.24. The lowest BCUT2D eigenvalue weighted by Crippen LogP contribution is -2.12. The average molecular weight is 869 g/mol. The third kappa shape index (κ3) is 8.06. The van der Waals surface area contributed by atoms with Crippen LogP contribution in [0.3, 0.4) is 0 Å². The number of hydrogen-bond acceptors (Lipinski definition) is 2. The summed E-state index contributed by atoms with van der Waals surface area (Å²) < 4.78 is 11.5. The molecule has 0 aliphatic carbocycles. The lowest BCUT2D eigenvalue weighted by molar-refractivity contribution is 0.673. The third-order valence-corrected chi connectivity index (χ3v) is 12.5. The van der Waals surface area contributed by atoms with E-state index in [0.29, 0.717) is 11.5 Å². The molecular formula is C62H52N4O. The van der Waals surface area contributed by atoms with Gasteiger partial charge in [0.15, 0.2) is 0 Å².